The van der Waals surface area contributed by atoms with Gasteiger partial charge in [0.05, 0.1) is 22.5 Å². The fourth-order valence-corrected chi connectivity index (χ4v) is 4.10. The lowest BCUT2D eigenvalue weighted by atomic mass is 10.2. The van der Waals surface area contributed by atoms with Crippen molar-refractivity contribution < 1.29 is 13.2 Å². The van der Waals surface area contributed by atoms with E-state index >= 15 is 0 Å². The van der Waals surface area contributed by atoms with E-state index in [4.69, 9.17) is 4.74 Å². The average molecular weight is 358 g/mol. The molecule has 2 aromatic carbocycles. The lowest BCUT2D eigenvalue weighted by Gasteiger charge is -2.12. The highest BCUT2D eigenvalue weighted by Crippen LogP contribution is 2.25. The quantitative estimate of drug-likeness (QED) is 0.595. The van der Waals surface area contributed by atoms with E-state index in [0.29, 0.717) is 17.6 Å². The first kappa shape index (κ1) is 17.5. The Kier molecular flexibility index (Phi) is 5.08. The Bertz CT molecular complexity index is 977. The normalized spacial score (nSPS) is 11.8. The van der Waals surface area contributed by atoms with Crippen LogP contribution in [0.5, 0.6) is 5.75 Å². The molecule has 0 saturated carbocycles. The Morgan fingerprint density at radius 2 is 1.92 bits per heavy atom. The van der Waals surface area contributed by atoms with Crippen molar-refractivity contribution in [3.05, 3.63) is 54.4 Å². The fourth-order valence-electron chi connectivity index (χ4n) is 2.72. The molecule has 6 heteroatoms. The zero-order valence-corrected chi connectivity index (χ0v) is 15.3. The molecular formula is C19H22N2O3S. The van der Waals surface area contributed by atoms with Gasteiger partial charge in [0.2, 0.25) is 0 Å². The lowest BCUT2D eigenvalue weighted by Crippen LogP contribution is -2.12. The van der Waals surface area contributed by atoms with E-state index in [1.807, 2.05) is 13.0 Å². The zero-order chi connectivity index (χ0) is 17.9. The minimum absolute atomic E-state index is 0.231. The van der Waals surface area contributed by atoms with E-state index in [1.165, 1.54) is 10.3 Å². The van der Waals surface area contributed by atoms with E-state index in [9.17, 15) is 8.42 Å². The Labute approximate surface area is 148 Å². The first-order valence-electron chi connectivity index (χ1n) is 8.45. The fraction of sp³-hybridized carbons (Fsp3) is 0.316. The van der Waals surface area contributed by atoms with Crippen LogP contribution in [0.15, 0.2) is 53.7 Å². The van der Waals surface area contributed by atoms with Crippen molar-refractivity contribution >= 4 is 21.1 Å². The minimum Gasteiger partial charge on any atom is -0.493 e. The number of hydrogen-bond acceptors (Lipinski definition) is 4. The standard InChI is InChI=1S/C19H22N2O3S/c1-3-4-7-12-24-19-11-10-16(13-15(19)2)25(22,23)21-14-20-17-8-5-6-9-18(17)21/h5-6,8-11,13-14H,3-4,7,12H2,1-2H3. The van der Waals surface area contributed by atoms with Crippen LogP contribution in [0.25, 0.3) is 11.0 Å². The SMILES string of the molecule is CCCCCOc1ccc(S(=O)(=O)n2cnc3ccccc32)cc1C. The van der Waals surface area contributed by atoms with Gasteiger partial charge >= 0.3 is 0 Å². The second-order valence-electron chi connectivity index (χ2n) is 6.02. The molecule has 3 aromatic rings. The number of benzene rings is 2. The van der Waals surface area contributed by atoms with E-state index in [-0.39, 0.29) is 4.90 Å². The first-order chi connectivity index (χ1) is 12.0. The number of nitrogens with zero attached hydrogens (tertiary/aromatic N) is 2. The molecule has 0 bridgehead atoms. The number of hydrogen-bond donors (Lipinski definition) is 0. The molecule has 0 amide bonds. The third-order valence-corrected chi connectivity index (χ3v) is 5.79. The van der Waals surface area contributed by atoms with Crippen LogP contribution >= 0.6 is 0 Å². The molecule has 1 heterocycles. The van der Waals surface area contributed by atoms with Gasteiger partial charge < -0.3 is 4.74 Å². The van der Waals surface area contributed by atoms with E-state index in [1.54, 1.807) is 36.4 Å². The first-order valence-corrected chi connectivity index (χ1v) is 9.89. The van der Waals surface area contributed by atoms with Gasteiger partial charge in [-0.15, -0.1) is 0 Å². The van der Waals surface area contributed by atoms with Crippen molar-refractivity contribution in [3.63, 3.8) is 0 Å². The molecule has 1 aromatic heterocycles. The van der Waals surface area contributed by atoms with Gasteiger partial charge in [-0.05, 0) is 49.2 Å². The molecule has 0 aliphatic heterocycles. The van der Waals surface area contributed by atoms with Crippen LogP contribution in [0.1, 0.15) is 31.7 Å². The van der Waals surface area contributed by atoms with Crippen molar-refractivity contribution in [1.29, 1.82) is 0 Å². The summed E-state index contributed by atoms with van der Waals surface area (Å²) < 4.78 is 32.9. The molecule has 0 fully saturated rings. The monoisotopic (exact) mass is 358 g/mol. The third kappa shape index (κ3) is 3.54. The number of para-hydroxylation sites is 2. The maximum atomic E-state index is 13.0. The van der Waals surface area contributed by atoms with E-state index in [0.717, 1.165) is 30.6 Å². The van der Waals surface area contributed by atoms with Crippen molar-refractivity contribution in [2.45, 2.75) is 38.0 Å². The highest BCUT2D eigenvalue weighted by Gasteiger charge is 2.20. The molecule has 0 saturated heterocycles. The maximum Gasteiger partial charge on any atom is 0.269 e. The van der Waals surface area contributed by atoms with Crippen molar-refractivity contribution in [2.24, 2.45) is 0 Å². The van der Waals surface area contributed by atoms with Crippen LogP contribution in [0.3, 0.4) is 0 Å². The summed E-state index contributed by atoms with van der Waals surface area (Å²) >= 11 is 0. The van der Waals surface area contributed by atoms with Gasteiger partial charge in [0.1, 0.15) is 12.1 Å². The van der Waals surface area contributed by atoms with Crippen LogP contribution in [0.2, 0.25) is 0 Å². The smallest absolute Gasteiger partial charge is 0.269 e. The molecule has 0 aliphatic carbocycles. The van der Waals surface area contributed by atoms with Gasteiger partial charge in [0, 0.05) is 0 Å². The Morgan fingerprint density at radius 3 is 2.68 bits per heavy atom. The largest absolute Gasteiger partial charge is 0.493 e. The van der Waals surface area contributed by atoms with Crippen molar-refractivity contribution in [3.8, 4) is 5.75 Å². The highest BCUT2D eigenvalue weighted by molar-refractivity contribution is 7.90. The predicted octanol–water partition coefficient (Wildman–Crippen LogP) is 4.15. The summed E-state index contributed by atoms with van der Waals surface area (Å²) in [6.07, 6.45) is 4.61. The molecule has 0 aliphatic rings. The summed E-state index contributed by atoms with van der Waals surface area (Å²) in [7, 11) is -3.69. The van der Waals surface area contributed by atoms with Crippen LogP contribution in [0.4, 0.5) is 0 Å². The molecule has 0 N–H and O–H groups in total. The second-order valence-corrected chi connectivity index (χ2v) is 7.83. The number of fused-ring (bicyclic) bond motifs is 1. The summed E-state index contributed by atoms with van der Waals surface area (Å²) in [5.41, 5.74) is 2.03. The summed E-state index contributed by atoms with van der Waals surface area (Å²) in [5, 5.41) is 0. The molecule has 132 valence electrons. The van der Waals surface area contributed by atoms with Crippen LogP contribution in [0, 0.1) is 6.92 Å². The molecule has 0 radical (unpaired) electrons. The summed E-state index contributed by atoms with van der Waals surface area (Å²) in [5.74, 6) is 0.727. The predicted molar refractivity (Wildman–Crippen MR) is 98.5 cm³/mol. The topological polar surface area (TPSA) is 61.2 Å². The number of aromatic nitrogens is 2. The zero-order valence-electron chi connectivity index (χ0n) is 14.5. The molecule has 25 heavy (non-hydrogen) atoms. The summed E-state index contributed by atoms with van der Waals surface area (Å²) in [6.45, 7) is 4.65. The Balaban J connectivity index is 1.89. The molecule has 5 nitrogen and oxygen atoms in total. The minimum atomic E-state index is -3.69. The van der Waals surface area contributed by atoms with Gasteiger partial charge in [0.15, 0.2) is 0 Å². The second kappa shape index (κ2) is 7.27. The Hall–Kier alpha value is -2.34. The number of unbranched alkanes of at least 4 members (excludes halogenated alkanes) is 2. The van der Waals surface area contributed by atoms with Gasteiger partial charge in [-0.3, -0.25) is 0 Å². The molecule has 0 unspecified atom stereocenters. The van der Waals surface area contributed by atoms with Crippen LogP contribution < -0.4 is 4.74 Å². The maximum absolute atomic E-state index is 13.0. The van der Waals surface area contributed by atoms with Gasteiger partial charge in [-0.1, -0.05) is 31.9 Å². The molecule has 0 spiro atoms. The number of rotatable bonds is 7. The van der Waals surface area contributed by atoms with E-state index in [2.05, 4.69) is 11.9 Å². The van der Waals surface area contributed by atoms with E-state index < -0.39 is 10.0 Å². The molecular weight excluding hydrogens is 336 g/mol. The van der Waals surface area contributed by atoms with Crippen molar-refractivity contribution in [2.75, 3.05) is 6.61 Å². The van der Waals surface area contributed by atoms with Crippen molar-refractivity contribution in [1.82, 2.24) is 8.96 Å². The van der Waals surface area contributed by atoms with Gasteiger partial charge in [0.25, 0.3) is 10.0 Å². The van der Waals surface area contributed by atoms with Crippen LogP contribution in [-0.2, 0) is 10.0 Å². The molecule has 3 rings (SSSR count). The van der Waals surface area contributed by atoms with Gasteiger partial charge in [-0.25, -0.2) is 17.4 Å². The number of imidazole rings is 1. The number of ether oxygens (including phenoxy) is 1. The highest BCUT2D eigenvalue weighted by atomic mass is 32.2. The van der Waals surface area contributed by atoms with Crippen LogP contribution in [-0.4, -0.2) is 24.0 Å². The summed E-state index contributed by atoms with van der Waals surface area (Å²) in [4.78, 5) is 4.40. The third-order valence-electron chi connectivity index (χ3n) is 4.13. The number of aryl methyl sites for hydroxylation is 1. The molecule has 0 atom stereocenters. The van der Waals surface area contributed by atoms with Gasteiger partial charge in [-0.2, -0.15) is 0 Å². The summed E-state index contributed by atoms with van der Waals surface area (Å²) in [6, 6.07) is 12.1. The Morgan fingerprint density at radius 1 is 1.12 bits per heavy atom. The lowest BCUT2D eigenvalue weighted by molar-refractivity contribution is 0.304. The average Bonchev–Trinajstić information content (AvgIpc) is 3.04.